The van der Waals surface area contributed by atoms with Gasteiger partial charge in [-0.25, -0.2) is 0 Å². The number of amides is 1. The number of anilines is 1. The van der Waals surface area contributed by atoms with E-state index in [1.54, 1.807) is 13.2 Å². The minimum atomic E-state index is -0.411. The number of methoxy groups -OCH3 is 1. The highest BCUT2D eigenvalue weighted by Gasteiger charge is 2.16. The fourth-order valence-corrected chi connectivity index (χ4v) is 4.21. The van der Waals surface area contributed by atoms with Gasteiger partial charge in [-0.05, 0) is 56.2 Å². The summed E-state index contributed by atoms with van der Waals surface area (Å²) in [7, 11) is 1.68. The first-order chi connectivity index (χ1) is 15.4. The van der Waals surface area contributed by atoms with Crippen LogP contribution in [-0.4, -0.2) is 55.4 Å². The Bertz CT molecular complexity index is 1010. The summed E-state index contributed by atoms with van der Waals surface area (Å²) in [4.78, 5) is 15.2. The van der Waals surface area contributed by atoms with Crippen molar-refractivity contribution in [2.75, 3.05) is 45.3 Å². The summed E-state index contributed by atoms with van der Waals surface area (Å²) < 4.78 is 12.8. The van der Waals surface area contributed by atoms with E-state index < -0.39 is 5.91 Å². The van der Waals surface area contributed by atoms with Crippen molar-refractivity contribution < 1.29 is 14.3 Å². The largest absolute Gasteiger partial charge is 0.383 e. The average Bonchev–Trinajstić information content (AvgIpc) is 3.05. The normalized spacial score (nSPS) is 15.9. The summed E-state index contributed by atoms with van der Waals surface area (Å²) >= 11 is 0. The molecule has 1 fully saturated rings. The van der Waals surface area contributed by atoms with E-state index in [-0.39, 0.29) is 11.6 Å². The maximum atomic E-state index is 12.8. The van der Waals surface area contributed by atoms with Gasteiger partial charge in [0.15, 0.2) is 0 Å². The van der Waals surface area contributed by atoms with E-state index >= 15 is 0 Å². The number of carbonyl (C=O) groups is 1. The van der Waals surface area contributed by atoms with Crippen LogP contribution in [0.25, 0.3) is 6.08 Å². The molecule has 0 bridgehead atoms. The van der Waals surface area contributed by atoms with Crippen molar-refractivity contribution in [2.45, 2.75) is 33.4 Å². The molecule has 7 heteroatoms. The van der Waals surface area contributed by atoms with Crippen molar-refractivity contribution in [2.24, 2.45) is 0 Å². The van der Waals surface area contributed by atoms with Crippen LogP contribution in [0.2, 0.25) is 0 Å². The molecular weight excluding hydrogens is 404 g/mol. The Hall–Kier alpha value is -2.92. The first-order valence-corrected chi connectivity index (χ1v) is 10.9. The molecule has 170 valence electrons. The van der Waals surface area contributed by atoms with Crippen LogP contribution in [0.15, 0.2) is 35.9 Å². The Morgan fingerprint density at radius 3 is 2.75 bits per heavy atom. The summed E-state index contributed by atoms with van der Waals surface area (Å²) in [6.45, 7) is 10.8. The van der Waals surface area contributed by atoms with Gasteiger partial charge in [-0.15, -0.1) is 0 Å². The lowest BCUT2D eigenvalue weighted by Crippen LogP contribution is -2.35. The third kappa shape index (κ3) is 5.86. The number of morpholine rings is 1. The molecule has 1 N–H and O–H groups in total. The van der Waals surface area contributed by atoms with Crippen molar-refractivity contribution in [3.05, 3.63) is 58.4 Å². The molecule has 0 radical (unpaired) electrons. The van der Waals surface area contributed by atoms with Crippen LogP contribution in [0.1, 0.15) is 35.5 Å². The lowest BCUT2D eigenvalue weighted by molar-refractivity contribution is -0.112. The molecule has 1 saturated heterocycles. The second-order valence-electron chi connectivity index (χ2n) is 8.21. The fourth-order valence-electron chi connectivity index (χ4n) is 4.21. The van der Waals surface area contributed by atoms with Crippen molar-refractivity contribution in [3.63, 3.8) is 0 Å². The smallest absolute Gasteiger partial charge is 0.266 e. The molecule has 3 rings (SSSR count). The lowest BCUT2D eigenvalue weighted by atomic mass is 10.1. The number of hydrogen-bond donors (Lipinski definition) is 1. The van der Waals surface area contributed by atoms with Gasteiger partial charge in [-0.1, -0.05) is 12.1 Å². The number of nitrogens with zero attached hydrogens (tertiary/aromatic N) is 3. The van der Waals surface area contributed by atoms with Gasteiger partial charge < -0.3 is 19.4 Å². The van der Waals surface area contributed by atoms with Crippen molar-refractivity contribution >= 4 is 17.7 Å². The van der Waals surface area contributed by atoms with Gasteiger partial charge >= 0.3 is 0 Å². The molecular formula is C25H32N4O3. The van der Waals surface area contributed by atoms with E-state index in [2.05, 4.69) is 27.8 Å². The van der Waals surface area contributed by atoms with Crippen molar-refractivity contribution in [3.8, 4) is 6.07 Å². The molecule has 1 unspecified atom stereocenters. The van der Waals surface area contributed by atoms with Gasteiger partial charge in [-0.2, -0.15) is 5.26 Å². The monoisotopic (exact) mass is 436 g/mol. The van der Waals surface area contributed by atoms with E-state index in [1.165, 1.54) is 0 Å². The van der Waals surface area contributed by atoms with Crippen LogP contribution in [0.5, 0.6) is 0 Å². The summed E-state index contributed by atoms with van der Waals surface area (Å²) in [6.07, 6.45) is 1.66. The van der Waals surface area contributed by atoms with Crippen LogP contribution in [0, 0.1) is 25.2 Å². The van der Waals surface area contributed by atoms with Crippen molar-refractivity contribution in [1.29, 1.82) is 5.26 Å². The van der Waals surface area contributed by atoms with E-state index in [1.807, 2.05) is 44.2 Å². The third-order valence-corrected chi connectivity index (χ3v) is 5.73. The van der Waals surface area contributed by atoms with E-state index in [9.17, 15) is 10.1 Å². The van der Waals surface area contributed by atoms with E-state index in [0.29, 0.717) is 12.3 Å². The molecule has 1 aliphatic rings. The molecule has 2 heterocycles. The van der Waals surface area contributed by atoms with Crippen LogP contribution in [0.3, 0.4) is 0 Å². The van der Waals surface area contributed by atoms with Gasteiger partial charge in [0.1, 0.15) is 11.6 Å². The number of aromatic nitrogens is 1. The Morgan fingerprint density at radius 2 is 2.06 bits per heavy atom. The fraction of sp³-hybridized carbons (Fsp3) is 0.440. The summed E-state index contributed by atoms with van der Waals surface area (Å²) in [5.74, 6) is -0.411. The average molecular weight is 437 g/mol. The number of carbonyl (C=O) groups excluding carboxylic acids is 1. The molecule has 7 nitrogen and oxygen atoms in total. The maximum absolute atomic E-state index is 12.8. The minimum absolute atomic E-state index is 0.0724. The number of rotatable bonds is 8. The highest BCUT2D eigenvalue weighted by molar-refractivity contribution is 6.09. The summed E-state index contributed by atoms with van der Waals surface area (Å²) in [5.41, 5.74) is 4.79. The van der Waals surface area contributed by atoms with Gasteiger partial charge in [-0.3, -0.25) is 9.69 Å². The number of nitriles is 1. The quantitative estimate of drug-likeness (QED) is 0.504. The Balaban J connectivity index is 1.74. The van der Waals surface area contributed by atoms with Gasteiger partial charge in [0.05, 0.1) is 25.9 Å². The molecule has 0 saturated carbocycles. The Kier molecular flexibility index (Phi) is 8.23. The number of hydrogen-bond acceptors (Lipinski definition) is 5. The van der Waals surface area contributed by atoms with Gasteiger partial charge in [0.2, 0.25) is 0 Å². The van der Waals surface area contributed by atoms with Crippen LogP contribution in [-0.2, 0) is 20.8 Å². The molecule has 1 amide bonds. The van der Waals surface area contributed by atoms with Crippen LogP contribution >= 0.6 is 0 Å². The summed E-state index contributed by atoms with van der Waals surface area (Å²) in [6, 6.07) is 12.0. The van der Waals surface area contributed by atoms with Crippen LogP contribution < -0.4 is 5.32 Å². The predicted molar refractivity (Wildman–Crippen MR) is 125 cm³/mol. The molecule has 2 aromatic rings. The topological polar surface area (TPSA) is 79.5 Å². The molecule has 1 aromatic heterocycles. The van der Waals surface area contributed by atoms with E-state index in [4.69, 9.17) is 9.47 Å². The number of ether oxygens (including phenoxy) is 2. The lowest BCUT2D eigenvalue weighted by Gasteiger charge is -2.26. The Labute approximate surface area is 190 Å². The molecule has 0 spiro atoms. The molecule has 32 heavy (non-hydrogen) atoms. The van der Waals surface area contributed by atoms with Crippen molar-refractivity contribution in [1.82, 2.24) is 9.47 Å². The first kappa shape index (κ1) is 23.7. The maximum Gasteiger partial charge on any atom is 0.266 e. The number of benzene rings is 1. The standard InChI is InChI=1S/C25H32N4O3/c1-18-12-22(20(3)29(18)19(2)17-31-4)14-23(15-26)25(30)27-24-7-5-6-21(13-24)16-28-8-10-32-11-9-28/h5-7,12-14,19H,8-11,16-17H2,1-4H3,(H,27,30)/b23-14-. The third-order valence-electron chi connectivity index (χ3n) is 5.73. The Morgan fingerprint density at radius 1 is 1.31 bits per heavy atom. The zero-order chi connectivity index (χ0) is 23.1. The van der Waals surface area contributed by atoms with Crippen LogP contribution in [0.4, 0.5) is 5.69 Å². The predicted octanol–water partition coefficient (Wildman–Crippen LogP) is 3.69. The second kappa shape index (κ2) is 11.1. The zero-order valence-electron chi connectivity index (χ0n) is 19.4. The molecule has 1 aliphatic heterocycles. The summed E-state index contributed by atoms with van der Waals surface area (Å²) in [5, 5.41) is 12.5. The highest BCUT2D eigenvalue weighted by atomic mass is 16.5. The second-order valence-corrected chi connectivity index (χ2v) is 8.21. The number of aryl methyl sites for hydroxylation is 1. The SMILES string of the molecule is COCC(C)n1c(C)cc(/C=C(/C#N)C(=O)Nc2cccc(CN3CCOCC3)c2)c1C. The number of nitrogens with one attached hydrogen (secondary N) is 1. The molecule has 1 aromatic carbocycles. The highest BCUT2D eigenvalue weighted by Crippen LogP contribution is 2.23. The van der Waals surface area contributed by atoms with Gasteiger partial charge in [0, 0.05) is 43.8 Å². The van der Waals surface area contributed by atoms with Gasteiger partial charge in [0.25, 0.3) is 5.91 Å². The first-order valence-electron chi connectivity index (χ1n) is 10.9. The molecule has 0 aliphatic carbocycles. The van der Waals surface area contributed by atoms with E-state index in [0.717, 1.165) is 55.4 Å². The minimum Gasteiger partial charge on any atom is -0.383 e. The zero-order valence-corrected chi connectivity index (χ0v) is 19.4. The molecule has 1 atom stereocenters.